The van der Waals surface area contributed by atoms with Crippen molar-refractivity contribution in [2.24, 2.45) is 4.99 Å². The second-order valence-corrected chi connectivity index (χ2v) is 7.53. The largest absolute Gasteiger partial charge is 0.497 e. The molecule has 1 aliphatic heterocycles. The summed E-state index contributed by atoms with van der Waals surface area (Å²) in [7, 11) is 3.48. The van der Waals surface area contributed by atoms with E-state index in [2.05, 4.69) is 42.5 Å². The van der Waals surface area contributed by atoms with E-state index in [0.717, 1.165) is 43.6 Å². The van der Waals surface area contributed by atoms with Crippen LogP contribution in [0.5, 0.6) is 5.75 Å². The maximum Gasteiger partial charge on any atom is 0.263 e. The van der Waals surface area contributed by atoms with E-state index in [-0.39, 0.29) is 5.91 Å². The monoisotopic (exact) mass is 416 g/mol. The van der Waals surface area contributed by atoms with Crippen molar-refractivity contribution >= 4 is 28.9 Å². The van der Waals surface area contributed by atoms with Crippen LogP contribution in [0.1, 0.15) is 15.4 Å². The van der Waals surface area contributed by atoms with Crippen LogP contribution in [0.3, 0.4) is 0 Å². The molecular weight excluding hydrogens is 388 g/mol. The number of amides is 1. The van der Waals surface area contributed by atoms with Gasteiger partial charge in [-0.05, 0) is 19.1 Å². The zero-order chi connectivity index (χ0) is 20.6. The summed E-state index contributed by atoms with van der Waals surface area (Å²) < 4.78 is 5.33. The van der Waals surface area contributed by atoms with Gasteiger partial charge in [0, 0.05) is 58.1 Å². The fourth-order valence-corrected chi connectivity index (χ4v) is 3.99. The average Bonchev–Trinajstić information content (AvgIpc) is 3.20. The van der Waals surface area contributed by atoms with Crippen LogP contribution in [0, 0.1) is 6.92 Å². The summed E-state index contributed by atoms with van der Waals surface area (Å²) in [6.07, 6.45) is 0. The molecule has 29 heavy (non-hydrogen) atoms. The Kier molecular flexibility index (Phi) is 7.29. The second kappa shape index (κ2) is 10.1. The highest BCUT2D eigenvalue weighted by Crippen LogP contribution is 2.22. The number of hydrogen-bond donors (Lipinski definition) is 2. The fraction of sp³-hybridized carbons (Fsp3) is 0.450. The Morgan fingerprint density at radius 2 is 2.00 bits per heavy atom. The molecule has 156 valence electrons. The first-order valence-corrected chi connectivity index (χ1v) is 10.5. The molecule has 0 saturated carbocycles. The highest BCUT2D eigenvalue weighted by Gasteiger charge is 2.20. The molecule has 1 aromatic heterocycles. The molecule has 2 heterocycles. The molecule has 0 atom stereocenters. The van der Waals surface area contributed by atoms with E-state index >= 15 is 0 Å². The number of guanidine groups is 1. The predicted octanol–water partition coefficient (Wildman–Crippen LogP) is 1.59. The maximum atomic E-state index is 12.1. The Hall–Kier alpha value is -2.81. The van der Waals surface area contributed by atoms with Crippen molar-refractivity contribution < 1.29 is 9.53 Å². The van der Waals surface area contributed by atoms with Gasteiger partial charge in [0.15, 0.2) is 5.96 Å². The van der Waals surface area contributed by atoms with Crippen molar-refractivity contribution in [3.05, 3.63) is 40.3 Å². The van der Waals surface area contributed by atoms with Crippen LogP contribution in [-0.2, 0) is 0 Å². The van der Waals surface area contributed by atoms with Gasteiger partial charge in [-0.25, -0.2) is 4.98 Å². The van der Waals surface area contributed by atoms with Gasteiger partial charge in [0.1, 0.15) is 10.6 Å². The molecule has 9 heteroatoms. The van der Waals surface area contributed by atoms with Crippen LogP contribution in [0.25, 0.3) is 0 Å². The van der Waals surface area contributed by atoms with E-state index in [1.165, 1.54) is 17.0 Å². The van der Waals surface area contributed by atoms with E-state index in [4.69, 9.17) is 4.74 Å². The molecule has 0 radical (unpaired) electrons. The number of piperazine rings is 1. The standard InChI is InChI=1S/C20H28N6O2S/c1-15-18(29-14-24-15)19(27)22-7-8-23-20(21-2)26-11-9-25(10-12-26)16-5-4-6-17(13-16)28-3/h4-6,13-14H,7-12H2,1-3H3,(H,21,23)(H,22,27). The van der Waals surface area contributed by atoms with Crippen LogP contribution in [-0.4, -0.2) is 75.2 Å². The van der Waals surface area contributed by atoms with Gasteiger partial charge in [-0.1, -0.05) is 6.07 Å². The number of nitrogens with one attached hydrogen (secondary N) is 2. The molecule has 2 N–H and O–H groups in total. The molecule has 1 aromatic carbocycles. The third-order valence-electron chi connectivity index (χ3n) is 4.85. The number of anilines is 1. The smallest absolute Gasteiger partial charge is 0.263 e. The minimum atomic E-state index is -0.0753. The number of aromatic nitrogens is 1. The van der Waals surface area contributed by atoms with E-state index in [1.54, 1.807) is 19.7 Å². The summed E-state index contributed by atoms with van der Waals surface area (Å²) in [4.78, 5) is 25.9. The number of benzene rings is 1. The number of carbonyl (C=O) groups is 1. The van der Waals surface area contributed by atoms with Crippen LogP contribution < -0.4 is 20.3 Å². The summed E-state index contributed by atoms with van der Waals surface area (Å²) in [6.45, 7) is 6.57. The molecule has 1 saturated heterocycles. The first kappa shape index (κ1) is 20.9. The Balaban J connectivity index is 1.43. The SMILES string of the molecule is CN=C(NCCNC(=O)c1scnc1C)N1CCN(c2cccc(OC)c2)CC1. The minimum Gasteiger partial charge on any atom is -0.497 e. The van der Waals surface area contributed by atoms with Gasteiger partial charge in [0.25, 0.3) is 5.91 Å². The lowest BCUT2D eigenvalue weighted by atomic mass is 10.2. The first-order valence-electron chi connectivity index (χ1n) is 9.65. The summed E-state index contributed by atoms with van der Waals surface area (Å²) in [6, 6.07) is 8.15. The zero-order valence-electron chi connectivity index (χ0n) is 17.1. The van der Waals surface area contributed by atoms with Gasteiger partial charge in [-0.15, -0.1) is 11.3 Å². The van der Waals surface area contributed by atoms with Crippen molar-refractivity contribution in [3.8, 4) is 5.75 Å². The molecule has 0 aliphatic carbocycles. The number of aryl methyl sites for hydroxylation is 1. The second-order valence-electron chi connectivity index (χ2n) is 6.67. The number of ether oxygens (including phenoxy) is 1. The summed E-state index contributed by atoms with van der Waals surface area (Å²) in [5, 5.41) is 6.26. The summed E-state index contributed by atoms with van der Waals surface area (Å²) in [5.41, 5.74) is 3.63. The average molecular weight is 417 g/mol. The van der Waals surface area contributed by atoms with Crippen molar-refractivity contribution in [1.29, 1.82) is 0 Å². The van der Waals surface area contributed by atoms with Gasteiger partial charge >= 0.3 is 0 Å². The molecule has 0 spiro atoms. The van der Waals surface area contributed by atoms with Gasteiger partial charge in [-0.3, -0.25) is 9.79 Å². The molecule has 8 nitrogen and oxygen atoms in total. The number of nitrogens with zero attached hydrogens (tertiary/aromatic N) is 4. The lowest BCUT2D eigenvalue weighted by molar-refractivity contribution is 0.0957. The topological polar surface area (TPSA) is 82.1 Å². The Bertz CT molecular complexity index is 845. The number of thiazole rings is 1. The quantitative estimate of drug-likeness (QED) is 0.423. The third kappa shape index (κ3) is 5.38. The van der Waals surface area contributed by atoms with Gasteiger partial charge in [0.05, 0.1) is 18.3 Å². The molecule has 0 unspecified atom stereocenters. The van der Waals surface area contributed by atoms with E-state index in [9.17, 15) is 4.79 Å². The maximum absolute atomic E-state index is 12.1. The number of carbonyl (C=O) groups excluding carboxylic acids is 1. The van der Waals surface area contributed by atoms with E-state index in [0.29, 0.717) is 18.0 Å². The van der Waals surface area contributed by atoms with Crippen molar-refractivity contribution in [2.75, 3.05) is 58.3 Å². The van der Waals surface area contributed by atoms with Gasteiger partial charge in [-0.2, -0.15) is 0 Å². The number of hydrogen-bond acceptors (Lipinski definition) is 6. The molecule has 2 aromatic rings. The highest BCUT2D eigenvalue weighted by molar-refractivity contribution is 7.11. The zero-order valence-corrected chi connectivity index (χ0v) is 18.0. The Morgan fingerprint density at radius 3 is 2.66 bits per heavy atom. The van der Waals surface area contributed by atoms with Crippen molar-refractivity contribution in [3.63, 3.8) is 0 Å². The van der Waals surface area contributed by atoms with Crippen LogP contribution in [0.2, 0.25) is 0 Å². The highest BCUT2D eigenvalue weighted by atomic mass is 32.1. The lowest BCUT2D eigenvalue weighted by Gasteiger charge is -2.37. The molecular formula is C20H28N6O2S. The number of rotatable bonds is 6. The fourth-order valence-electron chi connectivity index (χ4n) is 3.27. The molecule has 3 rings (SSSR count). The summed E-state index contributed by atoms with van der Waals surface area (Å²) >= 11 is 1.36. The first-order chi connectivity index (χ1) is 14.1. The van der Waals surface area contributed by atoms with Crippen LogP contribution in [0.4, 0.5) is 5.69 Å². The van der Waals surface area contributed by atoms with E-state index < -0.39 is 0 Å². The Morgan fingerprint density at radius 1 is 1.24 bits per heavy atom. The molecule has 1 amide bonds. The third-order valence-corrected chi connectivity index (χ3v) is 5.78. The Labute approximate surface area is 175 Å². The molecule has 1 fully saturated rings. The van der Waals surface area contributed by atoms with Crippen LogP contribution in [0.15, 0.2) is 34.8 Å². The normalized spacial score (nSPS) is 14.7. The summed E-state index contributed by atoms with van der Waals surface area (Å²) in [5.74, 6) is 1.66. The van der Waals surface area contributed by atoms with Gasteiger partial charge in [0.2, 0.25) is 0 Å². The van der Waals surface area contributed by atoms with E-state index in [1.807, 2.05) is 19.1 Å². The van der Waals surface area contributed by atoms with Crippen molar-refractivity contribution in [2.45, 2.75) is 6.92 Å². The van der Waals surface area contributed by atoms with Crippen LogP contribution >= 0.6 is 11.3 Å². The van der Waals surface area contributed by atoms with Gasteiger partial charge < -0.3 is 25.2 Å². The number of aliphatic imine (C=N–C) groups is 1. The lowest BCUT2D eigenvalue weighted by Crippen LogP contribution is -2.53. The molecule has 0 bridgehead atoms. The van der Waals surface area contributed by atoms with Crippen molar-refractivity contribution in [1.82, 2.24) is 20.5 Å². The minimum absolute atomic E-state index is 0.0753. The molecule has 1 aliphatic rings. The number of methoxy groups -OCH3 is 1. The predicted molar refractivity (Wildman–Crippen MR) is 117 cm³/mol.